The van der Waals surface area contributed by atoms with E-state index in [0.29, 0.717) is 58.3 Å². The Kier molecular flexibility index (Phi) is 19.4. The number of carbonyl (C=O) groups is 1. The Bertz CT molecular complexity index is 568. The molecule has 0 saturated carbocycles. The van der Waals surface area contributed by atoms with Crippen LogP contribution < -0.4 is 16.0 Å². The zero-order valence-electron chi connectivity index (χ0n) is 18.3. The van der Waals surface area contributed by atoms with Gasteiger partial charge < -0.3 is 30.2 Å². The molecule has 1 aromatic rings. The molecule has 1 aromatic carbocycles. The maximum atomic E-state index is 12.0. The van der Waals surface area contributed by atoms with E-state index in [2.05, 4.69) is 27.8 Å². The van der Waals surface area contributed by atoms with E-state index in [0.717, 1.165) is 12.1 Å². The highest BCUT2D eigenvalue weighted by Crippen LogP contribution is 2.03. The first-order valence-electron chi connectivity index (χ1n) is 10.2. The molecular weight excluding hydrogens is 370 g/mol. The van der Waals surface area contributed by atoms with Gasteiger partial charge in [0.15, 0.2) is 0 Å². The lowest BCUT2D eigenvalue weighted by Crippen LogP contribution is -2.27. The molecule has 0 atom stereocenters. The third kappa shape index (κ3) is 15.6. The van der Waals surface area contributed by atoms with E-state index in [1.165, 1.54) is 0 Å². The number of nitrogens with one attached hydrogen (secondary N) is 3. The van der Waals surface area contributed by atoms with Crippen LogP contribution in [0.3, 0.4) is 0 Å². The molecule has 164 valence electrons. The van der Waals surface area contributed by atoms with E-state index in [-0.39, 0.29) is 5.91 Å². The van der Waals surface area contributed by atoms with E-state index >= 15 is 0 Å². The molecule has 0 fully saturated rings. The average Bonchev–Trinajstić information content (AvgIpc) is 2.76. The Hall–Kier alpha value is -1.95. The molecule has 0 bridgehead atoms. The zero-order valence-corrected chi connectivity index (χ0v) is 18.3. The molecule has 0 aromatic heterocycles. The van der Waals surface area contributed by atoms with Crippen molar-refractivity contribution in [3.63, 3.8) is 0 Å². The number of hydrogen-bond acceptors (Lipinski definition) is 6. The van der Waals surface area contributed by atoms with Crippen LogP contribution in [-0.4, -0.2) is 79.3 Å². The van der Waals surface area contributed by atoms with Crippen LogP contribution in [0.1, 0.15) is 29.8 Å². The number of carbonyl (C=O) groups excluding carboxylic acids is 1. The number of hydrogen-bond donors (Lipinski definition) is 3. The van der Waals surface area contributed by atoms with Crippen LogP contribution in [0.25, 0.3) is 0 Å². The van der Waals surface area contributed by atoms with E-state index in [4.69, 9.17) is 14.2 Å². The summed E-state index contributed by atoms with van der Waals surface area (Å²) in [5, 5.41) is 8.79. The van der Waals surface area contributed by atoms with Gasteiger partial charge in [-0.25, -0.2) is 0 Å². The summed E-state index contributed by atoms with van der Waals surface area (Å²) in [6.45, 7) is 9.20. The van der Waals surface area contributed by atoms with Crippen LogP contribution in [0.5, 0.6) is 0 Å². The molecule has 3 N–H and O–H groups in total. The number of amides is 1. The minimum Gasteiger partial charge on any atom is -0.378 e. The zero-order chi connectivity index (χ0) is 21.6. The van der Waals surface area contributed by atoms with E-state index in [1.54, 1.807) is 12.1 Å². The number of benzene rings is 1. The molecule has 0 radical (unpaired) electrons. The summed E-state index contributed by atoms with van der Waals surface area (Å²) in [5.41, 5.74) is 1.49. The van der Waals surface area contributed by atoms with Gasteiger partial charge in [-0.3, -0.25) is 4.79 Å². The van der Waals surface area contributed by atoms with E-state index < -0.39 is 0 Å². The van der Waals surface area contributed by atoms with Crippen LogP contribution in [-0.2, 0) is 14.2 Å². The summed E-state index contributed by atoms with van der Waals surface area (Å²) >= 11 is 0. The predicted octanol–water partition coefficient (Wildman–Crippen LogP) is 1.28. The van der Waals surface area contributed by atoms with Gasteiger partial charge in [-0.05, 0) is 38.4 Å². The second kappa shape index (κ2) is 20.8. The van der Waals surface area contributed by atoms with Crippen LogP contribution >= 0.6 is 0 Å². The van der Waals surface area contributed by atoms with Crippen molar-refractivity contribution < 1.29 is 19.0 Å². The molecule has 0 unspecified atom stereocenters. The third-order valence-electron chi connectivity index (χ3n) is 3.42. The summed E-state index contributed by atoms with van der Waals surface area (Å²) < 4.78 is 16.1. The Morgan fingerprint density at radius 2 is 1.38 bits per heavy atom. The molecule has 29 heavy (non-hydrogen) atoms. The molecule has 0 aliphatic carbocycles. The van der Waals surface area contributed by atoms with Gasteiger partial charge in [-0.15, -0.1) is 0 Å². The first kappa shape index (κ1) is 27.0. The van der Waals surface area contributed by atoms with Gasteiger partial charge in [0.1, 0.15) is 0 Å². The second-order valence-corrected chi connectivity index (χ2v) is 5.61. The Labute approximate surface area is 175 Å². The highest BCUT2D eigenvalue weighted by Gasteiger charge is 2.04. The number of likely N-dealkylation sites (N-methyl/N-ethyl adjacent to an activating group) is 1. The molecule has 0 aliphatic rings. The highest BCUT2D eigenvalue weighted by molar-refractivity contribution is 5.94. The summed E-state index contributed by atoms with van der Waals surface area (Å²) in [6, 6.07) is 7.22. The topological polar surface area (TPSA) is 80.9 Å². The third-order valence-corrected chi connectivity index (χ3v) is 3.42. The van der Waals surface area contributed by atoms with Crippen LogP contribution in [0.2, 0.25) is 0 Å². The van der Waals surface area contributed by atoms with Gasteiger partial charge >= 0.3 is 0 Å². The van der Waals surface area contributed by atoms with Crippen LogP contribution in [0.4, 0.5) is 0 Å². The molecule has 0 heterocycles. The summed E-state index contributed by atoms with van der Waals surface area (Å²) in [7, 11) is 3.74. The summed E-state index contributed by atoms with van der Waals surface area (Å²) in [6.07, 6.45) is 0. The van der Waals surface area contributed by atoms with Crippen molar-refractivity contribution in [1.29, 1.82) is 0 Å². The van der Waals surface area contributed by atoms with Gasteiger partial charge in [0.2, 0.25) is 0 Å². The monoisotopic (exact) mass is 407 g/mol. The highest BCUT2D eigenvalue weighted by atomic mass is 16.5. The fourth-order valence-corrected chi connectivity index (χ4v) is 1.99. The van der Waals surface area contributed by atoms with Crippen LogP contribution in [0, 0.1) is 11.8 Å². The first-order valence-corrected chi connectivity index (χ1v) is 10.2. The lowest BCUT2D eigenvalue weighted by Gasteiger charge is -2.08. The molecule has 1 rings (SSSR count). The van der Waals surface area contributed by atoms with Crippen molar-refractivity contribution in [2.75, 3.05) is 73.4 Å². The molecule has 0 saturated heterocycles. The van der Waals surface area contributed by atoms with Gasteiger partial charge in [0.25, 0.3) is 5.91 Å². The maximum Gasteiger partial charge on any atom is 0.251 e. The average molecular weight is 408 g/mol. The molecule has 7 nitrogen and oxygen atoms in total. The smallest absolute Gasteiger partial charge is 0.251 e. The van der Waals surface area contributed by atoms with Gasteiger partial charge in [0.05, 0.1) is 46.2 Å². The maximum absolute atomic E-state index is 12.0. The second-order valence-electron chi connectivity index (χ2n) is 5.61. The molecule has 7 heteroatoms. The van der Waals surface area contributed by atoms with Crippen molar-refractivity contribution >= 4 is 5.91 Å². The van der Waals surface area contributed by atoms with Crippen molar-refractivity contribution in [2.24, 2.45) is 0 Å². The molecule has 1 amide bonds. The predicted molar refractivity (Wildman–Crippen MR) is 117 cm³/mol. The van der Waals surface area contributed by atoms with E-state index in [9.17, 15) is 4.79 Å². The molecule has 0 aliphatic heterocycles. The fraction of sp³-hybridized carbons (Fsp3) is 0.591. The minimum atomic E-state index is -0.122. The van der Waals surface area contributed by atoms with Crippen LogP contribution in [0.15, 0.2) is 24.3 Å². The quantitative estimate of drug-likeness (QED) is 0.318. The van der Waals surface area contributed by atoms with Gasteiger partial charge in [0, 0.05) is 24.2 Å². The molecule has 0 spiro atoms. The Morgan fingerprint density at radius 3 is 1.93 bits per heavy atom. The summed E-state index contributed by atoms with van der Waals surface area (Å²) in [5.74, 6) is 5.88. The van der Waals surface area contributed by atoms with Crippen molar-refractivity contribution in [3.8, 4) is 11.8 Å². The SMILES string of the molecule is CC.CNCC#Cc1ccc(C(=O)NCCOCCOCCOCCNC)cc1. The van der Waals surface area contributed by atoms with E-state index in [1.807, 2.05) is 40.1 Å². The van der Waals surface area contributed by atoms with Gasteiger partial charge in [-0.1, -0.05) is 25.7 Å². The Morgan fingerprint density at radius 1 is 0.828 bits per heavy atom. The number of rotatable bonds is 14. The summed E-state index contributed by atoms with van der Waals surface area (Å²) in [4.78, 5) is 12.0. The van der Waals surface area contributed by atoms with Crippen molar-refractivity contribution in [2.45, 2.75) is 13.8 Å². The Balaban J connectivity index is 0.00000379. The lowest BCUT2D eigenvalue weighted by atomic mass is 10.1. The standard InChI is InChI=1S/C20H31N3O4.C2H6/c1-21-9-3-4-18-5-7-19(8-6-18)20(24)23-11-13-26-15-17-27-16-14-25-12-10-22-2;1-2/h5-8,21-22H,9-17H2,1-2H3,(H,23,24);1-2H3. The number of ether oxygens (including phenoxy) is 3. The first-order chi connectivity index (χ1) is 14.3. The minimum absolute atomic E-state index is 0.122. The van der Waals surface area contributed by atoms with Gasteiger partial charge in [-0.2, -0.15) is 0 Å². The molecular formula is C22H37N3O4. The van der Waals surface area contributed by atoms with Crippen molar-refractivity contribution in [1.82, 2.24) is 16.0 Å². The largest absolute Gasteiger partial charge is 0.378 e. The normalized spacial score (nSPS) is 9.79. The van der Waals surface area contributed by atoms with Crippen molar-refractivity contribution in [3.05, 3.63) is 35.4 Å². The lowest BCUT2D eigenvalue weighted by molar-refractivity contribution is 0.0159. The fourth-order valence-electron chi connectivity index (χ4n) is 1.99.